The lowest BCUT2D eigenvalue weighted by molar-refractivity contribution is 0.0501. The smallest absolute Gasteiger partial charge is 0.341 e. The number of benzene rings is 1. The SMILES string of the molecule is Cn1ccnc1CCOC(=O)c1ccc(N)cc1F. The zero-order valence-corrected chi connectivity index (χ0v) is 10.5. The number of hydrogen-bond acceptors (Lipinski definition) is 4. The van der Waals surface area contributed by atoms with Crippen molar-refractivity contribution < 1.29 is 13.9 Å². The Bertz CT molecular complexity index is 595. The van der Waals surface area contributed by atoms with Crippen LogP contribution in [-0.2, 0) is 18.2 Å². The third kappa shape index (κ3) is 3.09. The van der Waals surface area contributed by atoms with Crippen molar-refractivity contribution in [3.05, 3.63) is 47.8 Å². The van der Waals surface area contributed by atoms with E-state index < -0.39 is 11.8 Å². The first-order valence-corrected chi connectivity index (χ1v) is 5.76. The van der Waals surface area contributed by atoms with Gasteiger partial charge >= 0.3 is 5.97 Å². The minimum Gasteiger partial charge on any atom is -0.462 e. The summed E-state index contributed by atoms with van der Waals surface area (Å²) in [5.74, 6) is -0.584. The van der Waals surface area contributed by atoms with Crippen LogP contribution in [0.25, 0.3) is 0 Å². The average Bonchev–Trinajstić information content (AvgIpc) is 2.75. The van der Waals surface area contributed by atoms with Crippen LogP contribution < -0.4 is 5.73 Å². The molecule has 0 atom stereocenters. The summed E-state index contributed by atoms with van der Waals surface area (Å²) >= 11 is 0. The normalized spacial score (nSPS) is 10.4. The number of halogens is 1. The monoisotopic (exact) mass is 263 g/mol. The maximum atomic E-state index is 13.5. The van der Waals surface area contributed by atoms with Crippen molar-refractivity contribution >= 4 is 11.7 Å². The molecule has 2 N–H and O–H groups in total. The molecule has 0 aliphatic rings. The van der Waals surface area contributed by atoms with Crippen LogP contribution >= 0.6 is 0 Å². The summed E-state index contributed by atoms with van der Waals surface area (Å²) in [6.45, 7) is 0.146. The van der Waals surface area contributed by atoms with Crippen LogP contribution in [0.5, 0.6) is 0 Å². The van der Waals surface area contributed by atoms with E-state index in [9.17, 15) is 9.18 Å². The van der Waals surface area contributed by atoms with E-state index in [-0.39, 0.29) is 17.9 Å². The van der Waals surface area contributed by atoms with E-state index in [2.05, 4.69) is 4.98 Å². The number of ether oxygens (including phenoxy) is 1. The number of carbonyl (C=O) groups is 1. The molecule has 0 radical (unpaired) electrons. The number of anilines is 1. The van der Waals surface area contributed by atoms with Crippen molar-refractivity contribution in [2.45, 2.75) is 6.42 Å². The fourth-order valence-electron chi connectivity index (χ4n) is 1.65. The van der Waals surface area contributed by atoms with Crippen molar-refractivity contribution in [2.24, 2.45) is 7.05 Å². The molecule has 0 spiro atoms. The summed E-state index contributed by atoms with van der Waals surface area (Å²) in [7, 11) is 1.85. The molecule has 5 nitrogen and oxygen atoms in total. The Balaban J connectivity index is 1.93. The number of aromatic nitrogens is 2. The Labute approximate surface area is 109 Å². The van der Waals surface area contributed by atoms with Gasteiger partial charge in [0.1, 0.15) is 11.6 Å². The Hall–Kier alpha value is -2.37. The minimum absolute atomic E-state index is 0.117. The van der Waals surface area contributed by atoms with Gasteiger partial charge in [0.2, 0.25) is 0 Å². The van der Waals surface area contributed by atoms with Gasteiger partial charge in [0, 0.05) is 31.5 Å². The fourth-order valence-corrected chi connectivity index (χ4v) is 1.65. The van der Waals surface area contributed by atoms with Gasteiger partial charge in [-0.25, -0.2) is 14.2 Å². The highest BCUT2D eigenvalue weighted by Gasteiger charge is 2.13. The van der Waals surface area contributed by atoms with E-state index in [1.54, 1.807) is 12.4 Å². The van der Waals surface area contributed by atoms with Crippen LogP contribution in [0.2, 0.25) is 0 Å². The van der Waals surface area contributed by atoms with Gasteiger partial charge in [-0.15, -0.1) is 0 Å². The number of nitrogen functional groups attached to an aromatic ring is 1. The zero-order valence-electron chi connectivity index (χ0n) is 10.5. The second-order valence-electron chi connectivity index (χ2n) is 4.08. The molecular formula is C13H14FN3O2. The van der Waals surface area contributed by atoms with Crippen LogP contribution in [0.15, 0.2) is 30.6 Å². The molecule has 100 valence electrons. The number of carbonyl (C=O) groups excluding carboxylic acids is 1. The molecule has 2 rings (SSSR count). The highest BCUT2D eigenvalue weighted by Crippen LogP contribution is 2.13. The largest absolute Gasteiger partial charge is 0.462 e. The number of nitrogens with zero attached hydrogens (tertiary/aromatic N) is 2. The molecule has 0 fully saturated rings. The summed E-state index contributed by atoms with van der Waals surface area (Å²) in [5.41, 5.74) is 5.55. The van der Waals surface area contributed by atoms with E-state index in [1.165, 1.54) is 12.1 Å². The lowest BCUT2D eigenvalue weighted by Crippen LogP contribution is -2.11. The summed E-state index contributed by atoms with van der Waals surface area (Å²) in [4.78, 5) is 15.8. The van der Waals surface area contributed by atoms with Crippen LogP contribution in [0.4, 0.5) is 10.1 Å². The highest BCUT2D eigenvalue weighted by molar-refractivity contribution is 5.90. The molecule has 0 aliphatic carbocycles. The summed E-state index contributed by atoms with van der Waals surface area (Å²) in [6, 6.07) is 3.86. The highest BCUT2D eigenvalue weighted by atomic mass is 19.1. The molecule has 2 aromatic rings. The molecule has 6 heteroatoms. The van der Waals surface area contributed by atoms with Gasteiger partial charge in [-0.2, -0.15) is 0 Å². The molecule has 0 amide bonds. The number of nitrogens with two attached hydrogens (primary N) is 1. The molecule has 1 heterocycles. The third-order valence-electron chi connectivity index (χ3n) is 2.69. The third-order valence-corrected chi connectivity index (χ3v) is 2.69. The van der Waals surface area contributed by atoms with Gasteiger partial charge in [0.05, 0.1) is 12.2 Å². The topological polar surface area (TPSA) is 70.1 Å². The molecule has 0 bridgehead atoms. The van der Waals surface area contributed by atoms with Crippen molar-refractivity contribution in [1.82, 2.24) is 9.55 Å². The van der Waals surface area contributed by atoms with Gasteiger partial charge < -0.3 is 15.0 Å². The first kappa shape index (κ1) is 13.1. The van der Waals surface area contributed by atoms with Gasteiger partial charge in [0.25, 0.3) is 0 Å². The molecule has 0 saturated heterocycles. The van der Waals surface area contributed by atoms with Crippen molar-refractivity contribution in [3.8, 4) is 0 Å². The van der Waals surface area contributed by atoms with Gasteiger partial charge in [0.15, 0.2) is 0 Å². The Morgan fingerprint density at radius 1 is 1.53 bits per heavy atom. The van der Waals surface area contributed by atoms with Crippen LogP contribution in [0, 0.1) is 5.82 Å². The molecule has 0 unspecified atom stereocenters. The lowest BCUT2D eigenvalue weighted by Gasteiger charge is -2.06. The molecule has 19 heavy (non-hydrogen) atoms. The predicted octanol–water partition coefficient (Wildman–Crippen LogP) is 1.54. The minimum atomic E-state index is -0.702. The Kier molecular flexibility index (Phi) is 3.79. The van der Waals surface area contributed by atoms with E-state index in [0.29, 0.717) is 6.42 Å². The van der Waals surface area contributed by atoms with E-state index in [1.807, 2.05) is 11.6 Å². The number of aryl methyl sites for hydroxylation is 1. The second kappa shape index (κ2) is 5.51. The lowest BCUT2D eigenvalue weighted by atomic mass is 10.2. The summed E-state index contributed by atoms with van der Waals surface area (Å²) < 4.78 is 20.3. The quantitative estimate of drug-likeness (QED) is 0.671. The second-order valence-corrected chi connectivity index (χ2v) is 4.08. The molecular weight excluding hydrogens is 249 g/mol. The number of rotatable bonds is 4. The molecule has 0 aliphatic heterocycles. The van der Waals surface area contributed by atoms with Crippen molar-refractivity contribution in [3.63, 3.8) is 0 Å². The van der Waals surface area contributed by atoms with Crippen LogP contribution in [0.1, 0.15) is 16.2 Å². The predicted molar refractivity (Wildman–Crippen MR) is 68.0 cm³/mol. The fraction of sp³-hybridized carbons (Fsp3) is 0.231. The first-order chi connectivity index (χ1) is 9.08. The van der Waals surface area contributed by atoms with Crippen molar-refractivity contribution in [2.75, 3.05) is 12.3 Å². The van der Waals surface area contributed by atoms with E-state index in [0.717, 1.165) is 11.9 Å². The number of hydrogen-bond donors (Lipinski definition) is 1. The summed E-state index contributed by atoms with van der Waals surface area (Å²) in [6.07, 6.45) is 3.94. The maximum Gasteiger partial charge on any atom is 0.341 e. The van der Waals surface area contributed by atoms with E-state index in [4.69, 9.17) is 10.5 Å². The van der Waals surface area contributed by atoms with Crippen LogP contribution in [0.3, 0.4) is 0 Å². The van der Waals surface area contributed by atoms with E-state index >= 15 is 0 Å². The molecule has 1 aromatic carbocycles. The number of esters is 1. The Morgan fingerprint density at radius 3 is 2.95 bits per heavy atom. The zero-order chi connectivity index (χ0) is 13.8. The first-order valence-electron chi connectivity index (χ1n) is 5.76. The van der Waals surface area contributed by atoms with Gasteiger partial charge in [-0.3, -0.25) is 0 Å². The summed E-state index contributed by atoms with van der Waals surface area (Å²) in [5, 5.41) is 0. The Morgan fingerprint density at radius 2 is 2.32 bits per heavy atom. The average molecular weight is 263 g/mol. The van der Waals surface area contributed by atoms with Gasteiger partial charge in [-0.1, -0.05) is 0 Å². The standard InChI is InChI=1S/C13H14FN3O2/c1-17-6-5-16-12(17)4-7-19-13(18)10-3-2-9(15)8-11(10)14/h2-3,5-6,8H,4,7,15H2,1H3. The maximum absolute atomic E-state index is 13.5. The molecule has 1 aromatic heterocycles. The van der Waals surface area contributed by atoms with Gasteiger partial charge in [-0.05, 0) is 18.2 Å². The van der Waals surface area contributed by atoms with Crippen molar-refractivity contribution in [1.29, 1.82) is 0 Å². The molecule has 0 saturated carbocycles. The van der Waals surface area contributed by atoms with Crippen LogP contribution in [-0.4, -0.2) is 22.1 Å². The number of imidazole rings is 1.